The molecular formula is C14H26N6O. The number of nitrogens with zero attached hydrogens (tertiary/aromatic N) is 5. The molecule has 0 saturated heterocycles. The minimum Gasteiger partial charge on any atom is -0.352 e. The van der Waals surface area contributed by atoms with Crippen molar-refractivity contribution in [1.29, 1.82) is 0 Å². The number of nitrogens with one attached hydrogen (secondary N) is 1. The molecule has 118 valence electrons. The predicted molar refractivity (Wildman–Crippen MR) is 82.0 cm³/mol. The maximum atomic E-state index is 11.0. The zero-order valence-electron chi connectivity index (χ0n) is 13.8. The van der Waals surface area contributed by atoms with E-state index in [1.807, 2.05) is 18.1 Å². The second kappa shape index (κ2) is 7.75. The van der Waals surface area contributed by atoms with E-state index in [0.29, 0.717) is 12.4 Å². The predicted octanol–water partition coefficient (Wildman–Crippen LogP) is 2.66. The van der Waals surface area contributed by atoms with Crippen LogP contribution in [0.4, 0.5) is 5.82 Å². The number of aryl methyl sites for hydroxylation is 1. The summed E-state index contributed by atoms with van der Waals surface area (Å²) < 4.78 is 1.79. The molecule has 1 aromatic heterocycles. The maximum Gasteiger partial charge on any atom is 0.217 e. The molecule has 7 nitrogen and oxygen atoms in total. The van der Waals surface area contributed by atoms with Crippen LogP contribution in [-0.4, -0.2) is 32.8 Å². The highest BCUT2D eigenvalue weighted by atomic mass is 16.1. The van der Waals surface area contributed by atoms with Crippen LogP contribution in [0.15, 0.2) is 16.5 Å². The van der Waals surface area contributed by atoms with Gasteiger partial charge >= 0.3 is 0 Å². The summed E-state index contributed by atoms with van der Waals surface area (Å²) in [7, 11) is 0. The second-order valence-corrected chi connectivity index (χ2v) is 5.50. The lowest BCUT2D eigenvalue weighted by molar-refractivity contribution is -0.119. The lowest BCUT2D eigenvalue weighted by Crippen LogP contribution is -2.31. The third-order valence-corrected chi connectivity index (χ3v) is 2.97. The Morgan fingerprint density at radius 3 is 2.48 bits per heavy atom. The Hall–Kier alpha value is -1.92. The number of rotatable bonds is 7. The van der Waals surface area contributed by atoms with Gasteiger partial charge in [-0.15, -0.1) is 5.11 Å². The lowest BCUT2D eigenvalue weighted by atomic mass is 10.3. The Balaban J connectivity index is 2.94. The lowest BCUT2D eigenvalue weighted by Gasteiger charge is -2.25. The summed E-state index contributed by atoms with van der Waals surface area (Å²) in [6.07, 6.45) is 1.89. The Bertz CT molecular complexity index is 484. The van der Waals surface area contributed by atoms with Crippen molar-refractivity contribution >= 4 is 11.7 Å². The summed E-state index contributed by atoms with van der Waals surface area (Å²) in [6, 6.07) is 0.529. The molecule has 1 amide bonds. The fraction of sp³-hybridized carbons (Fsp3) is 0.714. The molecule has 0 atom stereocenters. The van der Waals surface area contributed by atoms with E-state index in [1.54, 1.807) is 4.68 Å². The van der Waals surface area contributed by atoms with Gasteiger partial charge in [0.2, 0.25) is 11.7 Å². The first-order valence-corrected chi connectivity index (χ1v) is 7.35. The van der Waals surface area contributed by atoms with E-state index in [-0.39, 0.29) is 18.0 Å². The Morgan fingerprint density at radius 2 is 2.00 bits per heavy atom. The summed E-state index contributed by atoms with van der Waals surface area (Å²) in [5, 5.41) is 17.6. The zero-order chi connectivity index (χ0) is 16.0. The summed E-state index contributed by atoms with van der Waals surface area (Å²) in [5.74, 6) is 0.477. The molecule has 0 spiro atoms. The number of carbonyl (C=O) groups is 1. The number of carbonyl (C=O) groups excluding carboxylic acids is 1. The van der Waals surface area contributed by atoms with Crippen molar-refractivity contribution in [3.8, 4) is 0 Å². The quantitative estimate of drug-likeness (QED) is 0.620. The van der Waals surface area contributed by atoms with Crippen molar-refractivity contribution in [3.63, 3.8) is 0 Å². The average Bonchev–Trinajstić information content (AvgIpc) is 2.78. The minimum absolute atomic E-state index is 0.0758. The zero-order valence-corrected chi connectivity index (χ0v) is 13.8. The van der Waals surface area contributed by atoms with E-state index in [4.69, 9.17) is 0 Å². The van der Waals surface area contributed by atoms with Crippen molar-refractivity contribution in [2.45, 2.75) is 66.7 Å². The summed E-state index contributed by atoms with van der Waals surface area (Å²) >= 11 is 0. The molecule has 0 bridgehead atoms. The fourth-order valence-corrected chi connectivity index (χ4v) is 1.94. The molecule has 0 unspecified atom stereocenters. The third kappa shape index (κ3) is 5.17. The van der Waals surface area contributed by atoms with Crippen LogP contribution >= 0.6 is 0 Å². The Morgan fingerprint density at radius 1 is 1.38 bits per heavy atom. The van der Waals surface area contributed by atoms with Gasteiger partial charge < -0.3 is 5.32 Å². The molecule has 21 heavy (non-hydrogen) atoms. The highest BCUT2D eigenvalue weighted by Crippen LogP contribution is 2.18. The Kier molecular flexibility index (Phi) is 6.33. The molecule has 0 aliphatic carbocycles. The topological polar surface area (TPSA) is 74.9 Å². The van der Waals surface area contributed by atoms with Gasteiger partial charge in [0.25, 0.3) is 0 Å². The van der Waals surface area contributed by atoms with Gasteiger partial charge in [-0.2, -0.15) is 5.10 Å². The number of hydrogen-bond acceptors (Lipinski definition) is 4. The first-order valence-electron chi connectivity index (χ1n) is 7.35. The van der Waals surface area contributed by atoms with Crippen LogP contribution in [0.1, 0.15) is 47.1 Å². The van der Waals surface area contributed by atoms with Gasteiger partial charge in [0.15, 0.2) is 0 Å². The van der Waals surface area contributed by atoms with Crippen LogP contribution in [0.25, 0.3) is 0 Å². The van der Waals surface area contributed by atoms with Gasteiger partial charge in [-0.05, 0) is 34.6 Å². The van der Waals surface area contributed by atoms with E-state index in [1.165, 1.54) is 6.92 Å². The second-order valence-electron chi connectivity index (χ2n) is 5.50. The average molecular weight is 294 g/mol. The first-order chi connectivity index (χ1) is 9.85. The van der Waals surface area contributed by atoms with Crippen molar-refractivity contribution in [1.82, 2.24) is 20.1 Å². The van der Waals surface area contributed by atoms with Crippen LogP contribution < -0.4 is 5.32 Å². The molecule has 1 aromatic rings. The fourth-order valence-electron chi connectivity index (χ4n) is 1.94. The van der Waals surface area contributed by atoms with E-state index >= 15 is 0 Å². The minimum atomic E-state index is -0.0758. The molecular weight excluding hydrogens is 268 g/mol. The maximum absolute atomic E-state index is 11.0. The van der Waals surface area contributed by atoms with Crippen molar-refractivity contribution < 1.29 is 4.79 Å². The van der Waals surface area contributed by atoms with Gasteiger partial charge in [0.05, 0.1) is 0 Å². The molecule has 0 radical (unpaired) electrons. The van der Waals surface area contributed by atoms with Gasteiger partial charge in [0.1, 0.15) is 0 Å². The number of aromatic nitrogens is 2. The van der Waals surface area contributed by atoms with E-state index in [0.717, 1.165) is 12.1 Å². The van der Waals surface area contributed by atoms with E-state index < -0.39 is 0 Å². The van der Waals surface area contributed by atoms with E-state index in [9.17, 15) is 4.79 Å². The van der Waals surface area contributed by atoms with Crippen molar-refractivity contribution in [3.05, 3.63) is 11.8 Å². The largest absolute Gasteiger partial charge is 0.352 e. The molecule has 7 heteroatoms. The first kappa shape index (κ1) is 17.1. The van der Waals surface area contributed by atoms with Crippen LogP contribution in [0.2, 0.25) is 0 Å². The molecule has 1 N–H and O–H groups in total. The SMILES string of the molecule is CCn1cc(CNC(C)=O)c(N=NN(C(C)C)C(C)C)n1. The van der Waals surface area contributed by atoms with Crippen LogP contribution in [0.3, 0.4) is 0 Å². The molecule has 0 fully saturated rings. The van der Waals surface area contributed by atoms with Crippen LogP contribution in [0.5, 0.6) is 0 Å². The van der Waals surface area contributed by atoms with E-state index in [2.05, 4.69) is 48.4 Å². The summed E-state index contributed by atoms with van der Waals surface area (Å²) in [5.41, 5.74) is 0.864. The summed E-state index contributed by atoms with van der Waals surface area (Å²) in [6.45, 7) is 12.9. The normalized spacial score (nSPS) is 11.6. The monoisotopic (exact) mass is 294 g/mol. The van der Waals surface area contributed by atoms with Gasteiger partial charge in [-0.25, -0.2) is 0 Å². The van der Waals surface area contributed by atoms with Gasteiger partial charge in [0, 0.05) is 43.9 Å². The smallest absolute Gasteiger partial charge is 0.217 e. The molecule has 1 rings (SSSR count). The molecule has 0 saturated carbocycles. The highest BCUT2D eigenvalue weighted by molar-refractivity contribution is 5.72. The Labute approximate surface area is 126 Å². The molecule has 0 aromatic carbocycles. The molecule has 0 aliphatic rings. The van der Waals surface area contributed by atoms with Crippen molar-refractivity contribution in [2.24, 2.45) is 10.3 Å². The molecule has 1 heterocycles. The number of hydrogen-bond donors (Lipinski definition) is 1. The van der Waals surface area contributed by atoms with Gasteiger partial charge in [-0.1, -0.05) is 5.22 Å². The number of amides is 1. The highest BCUT2D eigenvalue weighted by Gasteiger charge is 2.13. The third-order valence-electron chi connectivity index (χ3n) is 2.97. The molecule has 0 aliphatic heterocycles. The standard InChI is InChI=1S/C14H26N6O/c1-7-19-9-13(8-15-12(6)21)14(17-19)16-18-20(10(2)3)11(4)5/h9-11H,7-8H2,1-6H3,(H,15,21). The summed E-state index contributed by atoms with van der Waals surface area (Å²) in [4.78, 5) is 11.0. The van der Waals surface area contributed by atoms with Crippen molar-refractivity contribution in [2.75, 3.05) is 0 Å². The van der Waals surface area contributed by atoms with Gasteiger partial charge in [-0.3, -0.25) is 14.5 Å². The van der Waals surface area contributed by atoms with Crippen LogP contribution in [0, 0.1) is 0 Å². The van der Waals surface area contributed by atoms with Crippen LogP contribution in [-0.2, 0) is 17.9 Å².